The molecule has 30 heavy (non-hydrogen) atoms. The first-order valence-corrected chi connectivity index (χ1v) is 12.7. The summed E-state index contributed by atoms with van der Waals surface area (Å²) in [6.07, 6.45) is 0.283. The molecular formula is C20H31FN4O4Si. The van der Waals surface area contributed by atoms with Crippen LogP contribution in [-0.4, -0.2) is 47.4 Å². The molecule has 0 radical (unpaired) electrons. The van der Waals surface area contributed by atoms with Crippen molar-refractivity contribution in [1.29, 1.82) is 0 Å². The van der Waals surface area contributed by atoms with Crippen LogP contribution >= 0.6 is 0 Å². The van der Waals surface area contributed by atoms with Gasteiger partial charge in [0.15, 0.2) is 14.5 Å². The summed E-state index contributed by atoms with van der Waals surface area (Å²) in [5.74, 6) is -0.214. The standard InChI is InChI=1S/C20H31FN4O4Si/c1-13-9-17(14(2)22-10-13)24-15(3)18(25(26)27)19(23-24)28-11-16(21)12-29-30(7,8)20(4,5)6/h9-10,16H,11-12H2,1-8H3. The highest BCUT2D eigenvalue weighted by Gasteiger charge is 2.38. The van der Waals surface area contributed by atoms with Crippen LogP contribution in [0, 0.1) is 30.9 Å². The zero-order valence-electron chi connectivity index (χ0n) is 18.9. The Balaban J connectivity index is 2.20. The molecule has 8 nitrogen and oxygen atoms in total. The van der Waals surface area contributed by atoms with Crippen LogP contribution in [0.2, 0.25) is 18.1 Å². The van der Waals surface area contributed by atoms with Crippen LogP contribution in [0.5, 0.6) is 5.88 Å². The molecule has 0 amide bonds. The van der Waals surface area contributed by atoms with Gasteiger partial charge in [-0.1, -0.05) is 20.8 Å². The number of nitro groups is 1. The van der Waals surface area contributed by atoms with Crippen LogP contribution < -0.4 is 4.74 Å². The van der Waals surface area contributed by atoms with Gasteiger partial charge in [0.2, 0.25) is 0 Å². The molecule has 166 valence electrons. The SMILES string of the molecule is Cc1cnc(C)c(-n2nc(OCC(F)CO[Si](C)(C)C(C)(C)C)c([N+](=O)[O-])c2C)c1. The minimum atomic E-state index is -2.10. The van der Waals surface area contributed by atoms with Crippen molar-refractivity contribution in [2.24, 2.45) is 0 Å². The average Bonchev–Trinajstić information content (AvgIpc) is 2.95. The van der Waals surface area contributed by atoms with Gasteiger partial charge in [-0.3, -0.25) is 15.1 Å². The van der Waals surface area contributed by atoms with Crippen LogP contribution in [0.3, 0.4) is 0 Å². The fourth-order valence-electron chi connectivity index (χ4n) is 2.58. The lowest BCUT2D eigenvalue weighted by molar-refractivity contribution is -0.386. The molecule has 0 aliphatic rings. The lowest BCUT2D eigenvalue weighted by atomic mass is 10.2. The molecule has 0 aliphatic heterocycles. The third kappa shape index (κ3) is 5.23. The lowest BCUT2D eigenvalue weighted by Crippen LogP contribution is -2.42. The predicted molar refractivity (Wildman–Crippen MR) is 116 cm³/mol. The summed E-state index contributed by atoms with van der Waals surface area (Å²) in [4.78, 5) is 15.3. The van der Waals surface area contributed by atoms with E-state index in [-0.39, 0.29) is 29.8 Å². The molecule has 1 atom stereocenters. The van der Waals surface area contributed by atoms with Gasteiger partial charge in [0.25, 0.3) is 0 Å². The first-order chi connectivity index (χ1) is 13.7. The first kappa shape index (κ1) is 23.9. The molecular weight excluding hydrogens is 407 g/mol. The molecule has 0 N–H and O–H groups in total. The number of pyridine rings is 1. The van der Waals surface area contributed by atoms with Gasteiger partial charge in [0.05, 0.1) is 22.9 Å². The Labute approximate surface area is 177 Å². The highest BCUT2D eigenvalue weighted by atomic mass is 28.4. The summed E-state index contributed by atoms with van der Waals surface area (Å²) in [7, 11) is -2.10. The number of hydrogen-bond acceptors (Lipinski definition) is 6. The van der Waals surface area contributed by atoms with Gasteiger partial charge in [-0.2, -0.15) is 0 Å². The molecule has 0 fully saturated rings. The molecule has 0 aromatic carbocycles. The maximum absolute atomic E-state index is 14.4. The number of alkyl halides is 1. The van der Waals surface area contributed by atoms with E-state index in [0.717, 1.165) is 5.56 Å². The minimum absolute atomic E-state index is 0.0397. The number of rotatable bonds is 8. The zero-order valence-corrected chi connectivity index (χ0v) is 19.9. The Morgan fingerprint density at radius 3 is 2.47 bits per heavy atom. The number of ether oxygens (including phenoxy) is 1. The van der Waals surface area contributed by atoms with Crippen molar-refractivity contribution in [3.8, 4) is 11.6 Å². The van der Waals surface area contributed by atoms with Gasteiger partial charge < -0.3 is 9.16 Å². The quantitative estimate of drug-likeness (QED) is 0.333. The van der Waals surface area contributed by atoms with Gasteiger partial charge in [-0.05, 0) is 50.5 Å². The first-order valence-electron chi connectivity index (χ1n) is 9.83. The van der Waals surface area contributed by atoms with E-state index >= 15 is 0 Å². The Hall–Kier alpha value is -2.33. The second kappa shape index (κ2) is 8.81. The topological polar surface area (TPSA) is 92.3 Å². The van der Waals surface area contributed by atoms with Crippen LogP contribution in [0.15, 0.2) is 12.3 Å². The normalized spacial score (nSPS) is 13.4. The van der Waals surface area contributed by atoms with E-state index in [1.54, 1.807) is 20.0 Å². The summed E-state index contributed by atoms with van der Waals surface area (Å²) < 4.78 is 27.2. The molecule has 2 heterocycles. The number of aromatic nitrogens is 3. The van der Waals surface area contributed by atoms with Crippen molar-refractivity contribution < 1.29 is 18.5 Å². The third-order valence-electron chi connectivity index (χ3n) is 5.49. The fourth-order valence-corrected chi connectivity index (χ4v) is 3.61. The summed E-state index contributed by atoms with van der Waals surface area (Å²) in [5.41, 5.74) is 2.18. The van der Waals surface area contributed by atoms with E-state index in [4.69, 9.17) is 9.16 Å². The smallest absolute Gasteiger partial charge is 0.353 e. The number of hydrogen-bond donors (Lipinski definition) is 0. The summed E-state index contributed by atoms with van der Waals surface area (Å²) in [6.45, 7) is 15.0. The Bertz CT molecular complexity index is 924. The van der Waals surface area contributed by atoms with Crippen molar-refractivity contribution in [3.63, 3.8) is 0 Å². The predicted octanol–water partition coefficient (Wildman–Crippen LogP) is 4.84. The summed E-state index contributed by atoms with van der Waals surface area (Å²) >= 11 is 0. The van der Waals surface area contributed by atoms with Gasteiger partial charge >= 0.3 is 11.6 Å². The Kier molecular flexibility index (Phi) is 7.03. The fraction of sp³-hybridized carbons (Fsp3) is 0.600. The third-order valence-corrected chi connectivity index (χ3v) is 9.99. The van der Waals surface area contributed by atoms with Crippen LogP contribution in [0.1, 0.15) is 37.7 Å². The monoisotopic (exact) mass is 438 g/mol. The number of halogens is 1. The molecule has 2 aromatic heterocycles. The van der Waals surface area contributed by atoms with Crippen molar-refractivity contribution in [1.82, 2.24) is 14.8 Å². The highest BCUT2D eigenvalue weighted by Crippen LogP contribution is 2.37. The van der Waals surface area contributed by atoms with Crippen molar-refractivity contribution in [3.05, 3.63) is 39.3 Å². The van der Waals surface area contributed by atoms with E-state index in [9.17, 15) is 14.5 Å². The van der Waals surface area contributed by atoms with E-state index in [1.807, 2.05) is 26.1 Å². The van der Waals surface area contributed by atoms with Crippen molar-refractivity contribution in [2.75, 3.05) is 13.2 Å². The molecule has 0 bridgehead atoms. The lowest BCUT2D eigenvalue weighted by Gasteiger charge is -2.36. The van der Waals surface area contributed by atoms with Crippen molar-refractivity contribution in [2.45, 2.75) is 65.8 Å². The van der Waals surface area contributed by atoms with Gasteiger partial charge in [0.1, 0.15) is 12.3 Å². The molecule has 1 unspecified atom stereocenters. The largest absolute Gasteiger partial charge is 0.469 e. The molecule has 0 saturated carbocycles. The zero-order chi connectivity index (χ0) is 22.9. The molecule has 0 aliphatic carbocycles. The number of aryl methyl sites for hydroxylation is 2. The van der Waals surface area contributed by atoms with Crippen LogP contribution in [-0.2, 0) is 4.43 Å². The molecule has 10 heteroatoms. The Morgan fingerprint density at radius 2 is 1.90 bits per heavy atom. The van der Waals surface area contributed by atoms with E-state index in [1.165, 1.54) is 4.68 Å². The second-order valence-electron chi connectivity index (χ2n) is 9.00. The molecule has 2 rings (SSSR count). The minimum Gasteiger partial charge on any atom is -0.469 e. The van der Waals surface area contributed by atoms with Crippen LogP contribution in [0.4, 0.5) is 10.1 Å². The maximum atomic E-state index is 14.4. The molecule has 0 saturated heterocycles. The van der Waals surface area contributed by atoms with Gasteiger partial charge in [-0.25, -0.2) is 9.07 Å². The van der Waals surface area contributed by atoms with E-state index in [2.05, 4.69) is 30.9 Å². The van der Waals surface area contributed by atoms with Crippen LogP contribution in [0.25, 0.3) is 5.69 Å². The van der Waals surface area contributed by atoms with Crippen molar-refractivity contribution >= 4 is 14.0 Å². The number of nitrogens with zero attached hydrogens (tertiary/aromatic N) is 4. The van der Waals surface area contributed by atoms with E-state index < -0.39 is 19.4 Å². The molecule has 2 aromatic rings. The maximum Gasteiger partial charge on any atom is 0.353 e. The molecule has 0 spiro atoms. The summed E-state index contributed by atoms with van der Waals surface area (Å²) in [6, 6.07) is 1.83. The Morgan fingerprint density at radius 1 is 1.27 bits per heavy atom. The second-order valence-corrected chi connectivity index (χ2v) is 13.8. The highest BCUT2D eigenvalue weighted by molar-refractivity contribution is 6.74. The van der Waals surface area contributed by atoms with E-state index in [0.29, 0.717) is 17.1 Å². The average molecular weight is 439 g/mol. The summed E-state index contributed by atoms with van der Waals surface area (Å²) in [5, 5.41) is 15.8. The van der Waals surface area contributed by atoms with Gasteiger partial charge in [-0.15, -0.1) is 5.10 Å². The van der Waals surface area contributed by atoms with Gasteiger partial charge in [0, 0.05) is 6.20 Å².